The number of ether oxygens (including phenoxy) is 1. The van der Waals surface area contributed by atoms with Gasteiger partial charge >= 0.3 is 0 Å². The van der Waals surface area contributed by atoms with E-state index in [1.54, 1.807) is 7.11 Å². The van der Waals surface area contributed by atoms with Crippen LogP contribution in [0.2, 0.25) is 0 Å². The van der Waals surface area contributed by atoms with Crippen LogP contribution in [0.3, 0.4) is 0 Å². The minimum Gasteiger partial charge on any atom is -0.459 e. The summed E-state index contributed by atoms with van der Waals surface area (Å²) in [5.41, 5.74) is 2.19. The molecule has 2 unspecified atom stereocenters. The second-order valence-corrected chi connectivity index (χ2v) is 5.04. The third-order valence-electron chi connectivity index (χ3n) is 3.62. The van der Waals surface area contributed by atoms with Gasteiger partial charge in [0.05, 0.1) is 12.6 Å². The van der Waals surface area contributed by atoms with E-state index in [1.807, 2.05) is 18.2 Å². The zero-order valence-electron chi connectivity index (χ0n) is 12.2. The van der Waals surface area contributed by atoms with Gasteiger partial charge in [-0.3, -0.25) is 0 Å². The largest absolute Gasteiger partial charge is 0.459 e. The molecule has 3 nitrogen and oxygen atoms in total. The molecule has 2 atom stereocenters. The van der Waals surface area contributed by atoms with Crippen molar-refractivity contribution in [2.45, 2.75) is 39.3 Å². The fraction of sp³-hybridized carbons (Fsp3) is 0.500. The van der Waals surface area contributed by atoms with E-state index in [9.17, 15) is 0 Å². The second-order valence-electron chi connectivity index (χ2n) is 5.04. The lowest BCUT2D eigenvalue weighted by Gasteiger charge is -2.20. The molecule has 0 saturated heterocycles. The Labute approximate surface area is 114 Å². The second kappa shape index (κ2) is 6.22. The van der Waals surface area contributed by atoms with Crippen LogP contribution < -0.4 is 5.32 Å². The summed E-state index contributed by atoms with van der Waals surface area (Å²) in [4.78, 5) is 0. The van der Waals surface area contributed by atoms with Crippen molar-refractivity contribution < 1.29 is 9.15 Å². The maximum atomic E-state index is 5.98. The minimum atomic E-state index is 0.187. The number of para-hydroxylation sites is 1. The van der Waals surface area contributed by atoms with Crippen molar-refractivity contribution in [1.82, 2.24) is 5.32 Å². The van der Waals surface area contributed by atoms with Gasteiger partial charge in [0.1, 0.15) is 11.3 Å². The van der Waals surface area contributed by atoms with Gasteiger partial charge in [0, 0.05) is 18.5 Å². The van der Waals surface area contributed by atoms with E-state index in [0.29, 0.717) is 6.04 Å². The van der Waals surface area contributed by atoms with Gasteiger partial charge in [0.15, 0.2) is 0 Å². The number of furan rings is 1. The molecule has 2 rings (SSSR count). The van der Waals surface area contributed by atoms with Crippen LogP contribution in [0.4, 0.5) is 0 Å². The standard InChI is InChI=1S/C16H23NO2/c1-5-13(10-18-4)17-12(3)16-11(2)14-8-6-7-9-15(14)19-16/h6-9,12-13,17H,5,10H2,1-4H3. The molecular formula is C16H23NO2. The minimum absolute atomic E-state index is 0.187. The number of nitrogens with one attached hydrogen (secondary N) is 1. The monoisotopic (exact) mass is 261 g/mol. The van der Waals surface area contributed by atoms with E-state index >= 15 is 0 Å². The van der Waals surface area contributed by atoms with Gasteiger partial charge in [0.2, 0.25) is 0 Å². The van der Waals surface area contributed by atoms with Crippen molar-refractivity contribution in [3.63, 3.8) is 0 Å². The maximum Gasteiger partial charge on any atom is 0.134 e. The zero-order chi connectivity index (χ0) is 13.8. The molecule has 19 heavy (non-hydrogen) atoms. The maximum absolute atomic E-state index is 5.98. The molecule has 3 heteroatoms. The fourth-order valence-electron chi connectivity index (χ4n) is 2.52. The number of fused-ring (bicyclic) bond motifs is 1. The van der Waals surface area contributed by atoms with Gasteiger partial charge in [-0.25, -0.2) is 0 Å². The smallest absolute Gasteiger partial charge is 0.134 e. The molecule has 0 fully saturated rings. The Morgan fingerprint density at radius 2 is 2.05 bits per heavy atom. The number of hydrogen-bond donors (Lipinski definition) is 1. The molecule has 104 valence electrons. The normalized spacial score (nSPS) is 14.7. The van der Waals surface area contributed by atoms with E-state index < -0.39 is 0 Å². The summed E-state index contributed by atoms with van der Waals surface area (Å²) >= 11 is 0. The van der Waals surface area contributed by atoms with Crippen LogP contribution in [0.5, 0.6) is 0 Å². The van der Waals surface area contributed by atoms with Crippen LogP contribution in [0.1, 0.15) is 37.6 Å². The lowest BCUT2D eigenvalue weighted by atomic mass is 10.1. The SMILES string of the molecule is CCC(COC)NC(C)c1oc2ccccc2c1C. The van der Waals surface area contributed by atoms with Crippen LogP contribution in [0, 0.1) is 6.92 Å². The highest BCUT2D eigenvalue weighted by Crippen LogP contribution is 2.29. The van der Waals surface area contributed by atoms with E-state index in [-0.39, 0.29) is 6.04 Å². The summed E-state index contributed by atoms with van der Waals surface area (Å²) in [6.07, 6.45) is 1.04. The molecule has 0 amide bonds. The van der Waals surface area contributed by atoms with Crippen molar-refractivity contribution >= 4 is 11.0 Å². The molecule has 1 heterocycles. The Balaban J connectivity index is 2.21. The predicted octanol–water partition coefficient (Wildman–Crippen LogP) is 3.82. The van der Waals surface area contributed by atoms with E-state index in [4.69, 9.17) is 9.15 Å². The highest BCUT2D eigenvalue weighted by molar-refractivity contribution is 5.82. The first-order chi connectivity index (χ1) is 9.17. The van der Waals surface area contributed by atoms with Crippen molar-refractivity contribution in [3.05, 3.63) is 35.6 Å². The summed E-state index contributed by atoms with van der Waals surface area (Å²) in [6, 6.07) is 8.72. The third kappa shape index (κ3) is 2.99. The van der Waals surface area contributed by atoms with Gasteiger partial charge in [0.25, 0.3) is 0 Å². The third-order valence-corrected chi connectivity index (χ3v) is 3.62. The number of hydrogen-bond acceptors (Lipinski definition) is 3. The Kier molecular flexibility index (Phi) is 4.61. The Bertz CT molecular complexity index is 533. The molecule has 0 bridgehead atoms. The Morgan fingerprint density at radius 3 is 2.68 bits per heavy atom. The molecule has 0 saturated carbocycles. The molecule has 0 aliphatic rings. The summed E-state index contributed by atoms with van der Waals surface area (Å²) in [5, 5.41) is 4.77. The van der Waals surface area contributed by atoms with Crippen LogP contribution in [-0.2, 0) is 4.74 Å². The summed E-state index contributed by atoms with van der Waals surface area (Å²) in [6.45, 7) is 7.15. The highest BCUT2D eigenvalue weighted by Gasteiger charge is 2.18. The highest BCUT2D eigenvalue weighted by atomic mass is 16.5. The van der Waals surface area contributed by atoms with Gasteiger partial charge in [-0.1, -0.05) is 25.1 Å². The molecule has 0 aliphatic heterocycles. The Morgan fingerprint density at radius 1 is 1.32 bits per heavy atom. The molecule has 0 aliphatic carbocycles. The molecule has 1 aromatic heterocycles. The first-order valence-corrected chi connectivity index (χ1v) is 6.90. The van der Waals surface area contributed by atoms with Crippen molar-refractivity contribution in [2.24, 2.45) is 0 Å². The van der Waals surface area contributed by atoms with E-state index in [1.165, 1.54) is 10.9 Å². The first-order valence-electron chi connectivity index (χ1n) is 6.90. The van der Waals surface area contributed by atoms with Crippen molar-refractivity contribution in [1.29, 1.82) is 0 Å². The molecule has 1 N–H and O–H groups in total. The first kappa shape index (κ1) is 14.1. The summed E-state index contributed by atoms with van der Waals surface area (Å²) in [5.74, 6) is 1.02. The number of aryl methyl sites for hydroxylation is 1. The fourth-order valence-corrected chi connectivity index (χ4v) is 2.52. The van der Waals surface area contributed by atoms with Crippen LogP contribution >= 0.6 is 0 Å². The van der Waals surface area contributed by atoms with Crippen molar-refractivity contribution in [2.75, 3.05) is 13.7 Å². The molecule has 1 aromatic carbocycles. The average Bonchev–Trinajstić information content (AvgIpc) is 2.76. The molecule has 0 radical (unpaired) electrons. The van der Waals surface area contributed by atoms with Crippen LogP contribution in [-0.4, -0.2) is 19.8 Å². The zero-order valence-corrected chi connectivity index (χ0v) is 12.2. The number of rotatable bonds is 6. The lowest BCUT2D eigenvalue weighted by molar-refractivity contribution is 0.157. The van der Waals surface area contributed by atoms with Crippen LogP contribution in [0.25, 0.3) is 11.0 Å². The van der Waals surface area contributed by atoms with Gasteiger partial charge in [-0.2, -0.15) is 0 Å². The predicted molar refractivity (Wildman–Crippen MR) is 78.5 cm³/mol. The number of benzene rings is 1. The average molecular weight is 261 g/mol. The van der Waals surface area contributed by atoms with E-state index in [2.05, 4.69) is 32.2 Å². The lowest BCUT2D eigenvalue weighted by Crippen LogP contribution is -2.34. The van der Waals surface area contributed by atoms with Gasteiger partial charge < -0.3 is 14.5 Å². The van der Waals surface area contributed by atoms with E-state index in [0.717, 1.165) is 24.4 Å². The summed E-state index contributed by atoms with van der Waals surface area (Å²) < 4.78 is 11.2. The topological polar surface area (TPSA) is 34.4 Å². The van der Waals surface area contributed by atoms with Crippen molar-refractivity contribution in [3.8, 4) is 0 Å². The van der Waals surface area contributed by atoms with Crippen LogP contribution in [0.15, 0.2) is 28.7 Å². The number of methoxy groups -OCH3 is 1. The molecule has 2 aromatic rings. The molecule has 0 spiro atoms. The van der Waals surface area contributed by atoms with Gasteiger partial charge in [-0.15, -0.1) is 0 Å². The van der Waals surface area contributed by atoms with Gasteiger partial charge in [-0.05, 0) is 31.9 Å². The quantitative estimate of drug-likeness (QED) is 0.858. The Hall–Kier alpha value is -1.32. The summed E-state index contributed by atoms with van der Waals surface area (Å²) in [7, 11) is 1.74. The molecular weight excluding hydrogens is 238 g/mol.